The number of pyridine rings is 1. The van der Waals surface area contributed by atoms with Crippen molar-refractivity contribution in [2.24, 2.45) is 0 Å². The lowest BCUT2D eigenvalue weighted by molar-refractivity contribution is -0.0451. The van der Waals surface area contributed by atoms with Crippen molar-refractivity contribution < 1.29 is 14.6 Å². The van der Waals surface area contributed by atoms with Crippen molar-refractivity contribution in [3.05, 3.63) is 65.5 Å². The highest BCUT2D eigenvalue weighted by atomic mass is 16.5. The number of aromatic nitrogens is 1. The van der Waals surface area contributed by atoms with Gasteiger partial charge in [-0.25, -0.2) is 4.79 Å². The number of hydrogen-bond acceptors (Lipinski definition) is 5. The average molecular weight is 408 g/mol. The molecule has 1 unspecified atom stereocenters. The van der Waals surface area contributed by atoms with Crippen LogP contribution in [0.1, 0.15) is 53.2 Å². The van der Waals surface area contributed by atoms with E-state index in [9.17, 15) is 4.79 Å². The van der Waals surface area contributed by atoms with Crippen molar-refractivity contribution in [2.45, 2.75) is 55.8 Å². The lowest BCUT2D eigenvalue weighted by Gasteiger charge is -2.38. The SMILES string of the molecule is O=C(O)c1ccc(CN2CCC3(CC2)CC(N[C@@H]2C[C@H]2c2ccccc2)CO3)nc1. The highest BCUT2D eigenvalue weighted by Crippen LogP contribution is 2.43. The molecular weight excluding hydrogens is 378 g/mol. The monoisotopic (exact) mass is 407 g/mol. The second-order valence-electron chi connectivity index (χ2n) is 9.04. The summed E-state index contributed by atoms with van der Waals surface area (Å²) in [7, 11) is 0. The van der Waals surface area contributed by atoms with Crippen molar-refractivity contribution >= 4 is 5.97 Å². The van der Waals surface area contributed by atoms with E-state index in [4.69, 9.17) is 9.84 Å². The third-order valence-electron chi connectivity index (χ3n) is 6.90. The third-order valence-corrected chi connectivity index (χ3v) is 6.90. The Morgan fingerprint density at radius 1 is 1.20 bits per heavy atom. The van der Waals surface area contributed by atoms with Crippen LogP contribution < -0.4 is 5.32 Å². The minimum absolute atomic E-state index is 0.0197. The molecule has 2 aliphatic heterocycles. The summed E-state index contributed by atoms with van der Waals surface area (Å²) in [6, 6.07) is 15.3. The molecule has 1 saturated carbocycles. The van der Waals surface area contributed by atoms with E-state index in [1.54, 1.807) is 6.07 Å². The molecule has 3 aliphatic rings. The van der Waals surface area contributed by atoms with Gasteiger partial charge in [0.2, 0.25) is 0 Å². The Morgan fingerprint density at radius 2 is 2.00 bits per heavy atom. The number of nitrogens with zero attached hydrogens (tertiary/aromatic N) is 2. The van der Waals surface area contributed by atoms with Gasteiger partial charge >= 0.3 is 5.97 Å². The maximum absolute atomic E-state index is 11.0. The molecule has 2 aromatic rings. The Morgan fingerprint density at radius 3 is 2.70 bits per heavy atom. The van der Waals surface area contributed by atoms with E-state index < -0.39 is 5.97 Å². The summed E-state index contributed by atoms with van der Waals surface area (Å²) in [5.41, 5.74) is 2.62. The molecule has 5 rings (SSSR count). The zero-order valence-corrected chi connectivity index (χ0v) is 17.2. The van der Waals surface area contributed by atoms with Gasteiger partial charge in [0.05, 0.1) is 23.5 Å². The van der Waals surface area contributed by atoms with Crippen LogP contribution in [-0.4, -0.2) is 58.3 Å². The lowest BCUT2D eigenvalue weighted by atomic mass is 9.87. The van der Waals surface area contributed by atoms with Crippen molar-refractivity contribution in [1.82, 2.24) is 15.2 Å². The molecule has 1 aliphatic carbocycles. The van der Waals surface area contributed by atoms with E-state index in [1.165, 1.54) is 18.2 Å². The van der Waals surface area contributed by atoms with Crippen molar-refractivity contribution in [2.75, 3.05) is 19.7 Å². The molecule has 2 N–H and O–H groups in total. The van der Waals surface area contributed by atoms with Crippen LogP contribution in [-0.2, 0) is 11.3 Å². The van der Waals surface area contributed by atoms with E-state index in [2.05, 4.69) is 45.5 Å². The van der Waals surface area contributed by atoms with Crippen LogP contribution in [0, 0.1) is 0 Å². The van der Waals surface area contributed by atoms with Gasteiger partial charge < -0.3 is 15.2 Å². The van der Waals surface area contributed by atoms with Crippen LogP contribution in [0.5, 0.6) is 0 Å². The van der Waals surface area contributed by atoms with Gasteiger partial charge in [0.1, 0.15) is 0 Å². The summed E-state index contributed by atoms with van der Waals surface area (Å²) in [6.45, 7) is 3.56. The summed E-state index contributed by atoms with van der Waals surface area (Å²) in [6.07, 6.45) is 5.87. The molecule has 1 aromatic carbocycles. The van der Waals surface area contributed by atoms with Crippen LogP contribution >= 0.6 is 0 Å². The molecule has 2 saturated heterocycles. The number of carboxylic acids is 1. The van der Waals surface area contributed by atoms with Gasteiger partial charge in [0.15, 0.2) is 0 Å². The van der Waals surface area contributed by atoms with E-state index in [0.717, 1.165) is 51.2 Å². The van der Waals surface area contributed by atoms with E-state index >= 15 is 0 Å². The van der Waals surface area contributed by atoms with Crippen LogP contribution in [0.2, 0.25) is 0 Å². The summed E-state index contributed by atoms with van der Waals surface area (Å²) < 4.78 is 6.33. The molecule has 158 valence electrons. The number of hydrogen-bond donors (Lipinski definition) is 2. The standard InChI is InChI=1S/C24H29N3O3/c28-23(29)18-6-7-19(25-14-18)15-27-10-8-24(9-11-27)13-20(16-30-24)26-22-12-21(22)17-4-2-1-3-5-17/h1-7,14,20-22,26H,8-13,15-16H2,(H,28,29)/t20?,21-,22+/m0/s1. The summed E-state index contributed by atoms with van der Waals surface area (Å²) in [5, 5.41) is 12.8. The number of aromatic carboxylic acids is 1. The quantitative estimate of drug-likeness (QED) is 0.767. The molecule has 3 atom stereocenters. The Hall–Kier alpha value is -2.28. The van der Waals surface area contributed by atoms with Crippen LogP contribution in [0.3, 0.4) is 0 Å². The topological polar surface area (TPSA) is 74.7 Å². The van der Waals surface area contributed by atoms with Gasteiger partial charge in [-0.2, -0.15) is 0 Å². The fraction of sp³-hybridized carbons (Fsp3) is 0.500. The number of rotatable bonds is 6. The molecule has 0 bridgehead atoms. The minimum Gasteiger partial charge on any atom is -0.478 e. The molecule has 1 aromatic heterocycles. The van der Waals surface area contributed by atoms with E-state index in [1.807, 2.05) is 6.07 Å². The fourth-order valence-electron chi connectivity index (χ4n) is 5.04. The molecule has 0 amide bonds. The van der Waals surface area contributed by atoms with Crippen LogP contribution in [0.15, 0.2) is 48.7 Å². The summed E-state index contributed by atoms with van der Waals surface area (Å²) >= 11 is 0. The number of carboxylic acid groups (broad SMARTS) is 1. The first kappa shape index (κ1) is 19.7. The second-order valence-corrected chi connectivity index (χ2v) is 9.04. The van der Waals surface area contributed by atoms with E-state index in [-0.39, 0.29) is 11.2 Å². The normalized spacial score (nSPS) is 27.9. The Balaban J connectivity index is 1.09. The number of carbonyl (C=O) groups is 1. The zero-order chi connectivity index (χ0) is 20.6. The first-order valence-corrected chi connectivity index (χ1v) is 11.0. The molecule has 0 radical (unpaired) electrons. The zero-order valence-electron chi connectivity index (χ0n) is 17.2. The molecule has 1 spiro atoms. The van der Waals surface area contributed by atoms with E-state index in [0.29, 0.717) is 18.0 Å². The fourth-order valence-corrected chi connectivity index (χ4v) is 5.04. The van der Waals surface area contributed by atoms with Gasteiger partial charge in [-0.3, -0.25) is 9.88 Å². The van der Waals surface area contributed by atoms with Gasteiger partial charge in [0.25, 0.3) is 0 Å². The highest BCUT2D eigenvalue weighted by molar-refractivity contribution is 5.87. The first-order valence-electron chi connectivity index (χ1n) is 11.0. The van der Waals surface area contributed by atoms with Crippen molar-refractivity contribution in [1.29, 1.82) is 0 Å². The molecule has 30 heavy (non-hydrogen) atoms. The van der Waals surface area contributed by atoms with Gasteiger partial charge in [-0.05, 0) is 43.4 Å². The maximum Gasteiger partial charge on any atom is 0.337 e. The smallest absolute Gasteiger partial charge is 0.337 e. The number of benzene rings is 1. The Labute approximate surface area is 177 Å². The molecular formula is C24H29N3O3. The summed E-state index contributed by atoms with van der Waals surface area (Å²) in [5.74, 6) is -0.276. The Bertz CT molecular complexity index is 878. The number of nitrogens with one attached hydrogen (secondary N) is 1. The minimum atomic E-state index is -0.934. The molecule has 3 fully saturated rings. The number of ether oxygens (including phenoxy) is 1. The summed E-state index contributed by atoms with van der Waals surface area (Å²) in [4.78, 5) is 17.7. The predicted octanol–water partition coefficient (Wildman–Crippen LogP) is 3.05. The van der Waals surface area contributed by atoms with Crippen LogP contribution in [0.25, 0.3) is 0 Å². The largest absolute Gasteiger partial charge is 0.478 e. The second kappa shape index (κ2) is 8.10. The molecule has 6 heteroatoms. The number of piperidine rings is 1. The maximum atomic E-state index is 11.0. The first-order chi connectivity index (χ1) is 14.6. The number of likely N-dealkylation sites (tertiary alicyclic amines) is 1. The molecule has 6 nitrogen and oxygen atoms in total. The van der Waals surface area contributed by atoms with Crippen LogP contribution in [0.4, 0.5) is 0 Å². The highest BCUT2D eigenvalue weighted by Gasteiger charge is 2.46. The Kier molecular flexibility index (Phi) is 5.31. The average Bonchev–Trinajstić information content (AvgIpc) is 3.43. The third kappa shape index (κ3) is 4.26. The van der Waals surface area contributed by atoms with Gasteiger partial charge in [0, 0.05) is 43.8 Å². The van der Waals surface area contributed by atoms with Crippen molar-refractivity contribution in [3.8, 4) is 0 Å². The van der Waals surface area contributed by atoms with Gasteiger partial charge in [-0.1, -0.05) is 30.3 Å². The molecule has 3 heterocycles. The predicted molar refractivity (Wildman–Crippen MR) is 114 cm³/mol. The van der Waals surface area contributed by atoms with Crippen molar-refractivity contribution in [3.63, 3.8) is 0 Å². The lowest BCUT2D eigenvalue weighted by Crippen LogP contribution is -2.44. The van der Waals surface area contributed by atoms with Gasteiger partial charge in [-0.15, -0.1) is 0 Å².